The number of piperidine rings is 1. The Morgan fingerprint density at radius 2 is 1.77 bits per heavy atom. The second-order valence-corrected chi connectivity index (χ2v) is 8.65. The third-order valence-electron chi connectivity index (χ3n) is 6.25. The number of likely N-dealkylation sites (tertiary alicyclic amines) is 1. The van der Waals surface area contributed by atoms with Crippen molar-refractivity contribution in [2.75, 3.05) is 50.7 Å². The molecule has 2 fully saturated rings. The predicted octanol–water partition coefficient (Wildman–Crippen LogP) is 3.72. The van der Waals surface area contributed by atoms with Crippen molar-refractivity contribution in [3.8, 4) is 0 Å². The molecule has 0 radical (unpaired) electrons. The van der Waals surface area contributed by atoms with E-state index in [2.05, 4.69) is 64.9 Å². The Kier molecular flexibility index (Phi) is 5.23. The highest BCUT2D eigenvalue weighted by Gasteiger charge is 2.27. The molecule has 2 aromatic rings. The number of aromatic amines is 1. The molecule has 1 aromatic heterocycles. The molecule has 0 bridgehead atoms. The molecule has 1 N–H and O–H groups in total. The molecule has 0 spiro atoms. The van der Waals surface area contributed by atoms with E-state index < -0.39 is 0 Å². The highest BCUT2D eigenvalue weighted by atomic mass is 15.3. The summed E-state index contributed by atoms with van der Waals surface area (Å²) < 4.78 is 0. The first kappa shape index (κ1) is 17.9. The van der Waals surface area contributed by atoms with Crippen molar-refractivity contribution in [2.45, 2.75) is 39.7 Å². The monoisotopic (exact) mass is 354 g/mol. The first-order chi connectivity index (χ1) is 12.6. The van der Waals surface area contributed by atoms with Crippen LogP contribution in [-0.4, -0.2) is 66.6 Å². The first-order valence-electron chi connectivity index (χ1n) is 10.4. The number of nitrogens with one attached hydrogen (secondary N) is 1. The summed E-state index contributed by atoms with van der Waals surface area (Å²) in [5.41, 5.74) is 3.97. The molecule has 4 rings (SSSR count). The van der Waals surface area contributed by atoms with Crippen molar-refractivity contribution in [3.63, 3.8) is 0 Å². The van der Waals surface area contributed by atoms with E-state index in [0.717, 1.165) is 25.0 Å². The number of hydrogen-bond donors (Lipinski definition) is 1. The Morgan fingerprint density at radius 3 is 2.46 bits per heavy atom. The zero-order valence-corrected chi connectivity index (χ0v) is 16.7. The first-order valence-corrected chi connectivity index (χ1v) is 10.4. The number of fused-ring (bicyclic) bond motifs is 1. The summed E-state index contributed by atoms with van der Waals surface area (Å²) in [4.78, 5) is 11.3. The number of aromatic nitrogens is 1. The van der Waals surface area contributed by atoms with Gasteiger partial charge in [0.2, 0.25) is 0 Å². The summed E-state index contributed by atoms with van der Waals surface area (Å²) in [5, 5.41) is 1.36. The molecular formula is C22H34N4. The summed E-state index contributed by atoms with van der Waals surface area (Å²) in [6.45, 7) is 15.4. The number of aryl methyl sites for hydroxylation is 1. The number of benzene rings is 1. The Hall–Kier alpha value is -1.52. The van der Waals surface area contributed by atoms with E-state index in [1.54, 1.807) is 0 Å². The van der Waals surface area contributed by atoms with E-state index in [1.165, 1.54) is 67.7 Å². The van der Waals surface area contributed by atoms with Crippen LogP contribution in [0, 0.1) is 12.8 Å². The molecule has 2 aliphatic heterocycles. The summed E-state index contributed by atoms with van der Waals surface area (Å²) in [6.07, 6.45) is 4.81. The van der Waals surface area contributed by atoms with Gasteiger partial charge in [-0.1, -0.05) is 13.8 Å². The lowest BCUT2D eigenvalue weighted by molar-refractivity contribution is 0.0974. The van der Waals surface area contributed by atoms with Crippen LogP contribution in [-0.2, 0) is 0 Å². The average Bonchev–Trinajstić information content (AvgIpc) is 3.03. The zero-order valence-electron chi connectivity index (χ0n) is 16.7. The number of nitrogens with zero attached hydrogens (tertiary/aromatic N) is 3. The maximum atomic E-state index is 3.35. The van der Waals surface area contributed by atoms with Crippen molar-refractivity contribution in [1.82, 2.24) is 14.8 Å². The van der Waals surface area contributed by atoms with Crippen LogP contribution in [0.15, 0.2) is 24.4 Å². The van der Waals surface area contributed by atoms with E-state index in [-0.39, 0.29) is 0 Å². The zero-order chi connectivity index (χ0) is 18.1. The number of piperazine rings is 1. The lowest BCUT2D eigenvalue weighted by Crippen LogP contribution is -2.53. The highest BCUT2D eigenvalue weighted by Crippen LogP contribution is 2.26. The minimum absolute atomic E-state index is 0.788. The number of hydrogen-bond acceptors (Lipinski definition) is 3. The Labute approximate surface area is 158 Å². The van der Waals surface area contributed by atoms with Gasteiger partial charge in [-0.3, -0.25) is 4.90 Å². The van der Waals surface area contributed by atoms with E-state index in [9.17, 15) is 0 Å². The highest BCUT2D eigenvalue weighted by molar-refractivity contribution is 5.86. The molecule has 0 aliphatic carbocycles. The molecule has 4 heteroatoms. The summed E-state index contributed by atoms with van der Waals surface area (Å²) in [6, 6.07) is 7.67. The fraction of sp³-hybridized carbons (Fsp3) is 0.636. The van der Waals surface area contributed by atoms with Crippen LogP contribution in [0.1, 0.15) is 32.3 Å². The van der Waals surface area contributed by atoms with Crippen LogP contribution < -0.4 is 4.90 Å². The SMILES string of the molecule is Cc1c[nH]c2ccc(N3CCN(C4CCN(CC(C)C)CC4)CC3)cc12. The second kappa shape index (κ2) is 7.61. The fourth-order valence-electron chi connectivity index (χ4n) is 4.77. The van der Waals surface area contributed by atoms with Crippen LogP contribution in [0.2, 0.25) is 0 Å². The van der Waals surface area contributed by atoms with Crippen LogP contribution in [0.3, 0.4) is 0 Å². The van der Waals surface area contributed by atoms with Gasteiger partial charge < -0.3 is 14.8 Å². The quantitative estimate of drug-likeness (QED) is 0.906. The topological polar surface area (TPSA) is 25.5 Å². The summed E-state index contributed by atoms with van der Waals surface area (Å²) in [7, 11) is 0. The number of rotatable bonds is 4. The standard InChI is InChI=1S/C22H34N4/c1-17(2)16-24-8-6-19(7-9-24)25-10-12-26(13-11-25)20-4-5-22-21(14-20)18(3)15-23-22/h4-5,14-15,17,19,23H,6-13,16H2,1-3H3. The van der Waals surface area contributed by atoms with Crippen molar-refractivity contribution in [2.24, 2.45) is 5.92 Å². The molecule has 0 saturated carbocycles. The van der Waals surface area contributed by atoms with Crippen molar-refractivity contribution in [1.29, 1.82) is 0 Å². The Balaban J connectivity index is 1.32. The summed E-state index contributed by atoms with van der Waals surface area (Å²) >= 11 is 0. The van der Waals surface area contributed by atoms with Gasteiger partial charge in [0.1, 0.15) is 0 Å². The second-order valence-electron chi connectivity index (χ2n) is 8.65. The Bertz CT molecular complexity index is 719. The normalized spacial score (nSPS) is 21.2. The van der Waals surface area contributed by atoms with Gasteiger partial charge in [0, 0.05) is 61.6 Å². The van der Waals surface area contributed by atoms with Gasteiger partial charge in [-0.2, -0.15) is 0 Å². The van der Waals surface area contributed by atoms with Gasteiger partial charge in [-0.05, 0) is 62.5 Å². The molecule has 0 unspecified atom stereocenters. The Morgan fingerprint density at radius 1 is 1.04 bits per heavy atom. The maximum absolute atomic E-state index is 3.35. The lowest BCUT2D eigenvalue weighted by atomic mass is 10.0. The molecule has 1 aromatic carbocycles. The number of H-pyrrole nitrogens is 1. The molecule has 0 amide bonds. The average molecular weight is 355 g/mol. The van der Waals surface area contributed by atoms with Gasteiger partial charge in [0.05, 0.1) is 0 Å². The van der Waals surface area contributed by atoms with Crippen molar-refractivity contribution >= 4 is 16.6 Å². The smallest absolute Gasteiger partial charge is 0.0458 e. The minimum atomic E-state index is 0.788. The molecule has 2 aliphatic rings. The van der Waals surface area contributed by atoms with Crippen LogP contribution in [0.5, 0.6) is 0 Å². The third-order valence-corrected chi connectivity index (χ3v) is 6.25. The molecule has 4 nitrogen and oxygen atoms in total. The molecule has 0 atom stereocenters. The van der Waals surface area contributed by atoms with E-state index in [1.807, 2.05) is 0 Å². The fourth-order valence-corrected chi connectivity index (χ4v) is 4.77. The van der Waals surface area contributed by atoms with E-state index in [4.69, 9.17) is 0 Å². The van der Waals surface area contributed by atoms with Crippen molar-refractivity contribution < 1.29 is 0 Å². The number of anilines is 1. The van der Waals surface area contributed by atoms with E-state index >= 15 is 0 Å². The molecule has 142 valence electrons. The van der Waals surface area contributed by atoms with Crippen LogP contribution >= 0.6 is 0 Å². The van der Waals surface area contributed by atoms with Crippen LogP contribution in [0.25, 0.3) is 10.9 Å². The largest absolute Gasteiger partial charge is 0.369 e. The van der Waals surface area contributed by atoms with Gasteiger partial charge in [0.25, 0.3) is 0 Å². The predicted molar refractivity (Wildman–Crippen MR) is 111 cm³/mol. The van der Waals surface area contributed by atoms with Crippen molar-refractivity contribution in [3.05, 3.63) is 30.0 Å². The third kappa shape index (κ3) is 3.77. The molecule has 2 saturated heterocycles. The van der Waals surface area contributed by atoms with Gasteiger partial charge >= 0.3 is 0 Å². The van der Waals surface area contributed by atoms with Gasteiger partial charge in [-0.15, -0.1) is 0 Å². The minimum Gasteiger partial charge on any atom is -0.369 e. The van der Waals surface area contributed by atoms with E-state index in [0.29, 0.717) is 0 Å². The molecule has 26 heavy (non-hydrogen) atoms. The van der Waals surface area contributed by atoms with Crippen LogP contribution in [0.4, 0.5) is 5.69 Å². The summed E-state index contributed by atoms with van der Waals surface area (Å²) in [5.74, 6) is 0.788. The lowest BCUT2D eigenvalue weighted by Gasteiger charge is -2.43. The van der Waals surface area contributed by atoms with Gasteiger partial charge in [-0.25, -0.2) is 0 Å². The molecular weight excluding hydrogens is 320 g/mol. The maximum Gasteiger partial charge on any atom is 0.0458 e. The molecule has 3 heterocycles. The van der Waals surface area contributed by atoms with Gasteiger partial charge in [0.15, 0.2) is 0 Å².